The second-order valence-electron chi connectivity index (χ2n) is 5.52. The first-order valence-electron chi connectivity index (χ1n) is 6.62. The van der Waals surface area contributed by atoms with Crippen molar-refractivity contribution in [2.24, 2.45) is 11.8 Å². The van der Waals surface area contributed by atoms with Crippen molar-refractivity contribution in [1.29, 1.82) is 0 Å². The lowest BCUT2D eigenvalue weighted by molar-refractivity contribution is 0.596. The molecule has 17 heavy (non-hydrogen) atoms. The zero-order chi connectivity index (χ0) is 12.3. The van der Waals surface area contributed by atoms with Gasteiger partial charge in [-0.2, -0.15) is 0 Å². The van der Waals surface area contributed by atoms with Crippen LogP contribution in [0.25, 0.3) is 5.57 Å². The maximum atomic E-state index is 2.34. The Morgan fingerprint density at radius 1 is 1.12 bits per heavy atom. The molecular formula is C17H22. The topological polar surface area (TPSA) is 0 Å². The number of rotatable bonds is 3. The van der Waals surface area contributed by atoms with Gasteiger partial charge in [0.05, 0.1) is 0 Å². The van der Waals surface area contributed by atoms with Crippen LogP contribution in [0.4, 0.5) is 0 Å². The molecule has 0 nitrogen and oxygen atoms in total. The van der Waals surface area contributed by atoms with Gasteiger partial charge in [-0.1, -0.05) is 68.8 Å². The van der Waals surface area contributed by atoms with Gasteiger partial charge in [0, 0.05) is 0 Å². The minimum Gasteiger partial charge on any atom is -0.0694 e. The van der Waals surface area contributed by atoms with Gasteiger partial charge in [0.25, 0.3) is 0 Å². The van der Waals surface area contributed by atoms with Crippen molar-refractivity contribution >= 4 is 5.57 Å². The molecule has 1 aromatic rings. The number of allylic oxidation sites excluding steroid dienone is 4. The SMILES string of the molecule is CC(C)CC1=CC=C(c2ccccc2)C(C)C1. The van der Waals surface area contributed by atoms with Crippen molar-refractivity contribution in [2.45, 2.75) is 33.6 Å². The predicted molar refractivity (Wildman–Crippen MR) is 75.7 cm³/mol. The molecule has 0 radical (unpaired) electrons. The lowest BCUT2D eigenvalue weighted by atomic mass is 9.82. The van der Waals surface area contributed by atoms with Crippen LogP contribution in [0.5, 0.6) is 0 Å². The first kappa shape index (κ1) is 12.2. The van der Waals surface area contributed by atoms with E-state index in [2.05, 4.69) is 63.3 Å². The van der Waals surface area contributed by atoms with E-state index in [1.165, 1.54) is 24.0 Å². The summed E-state index contributed by atoms with van der Waals surface area (Å²) in [7, 11) is 0. The average Bonchev–Trinajstić information content (AvgIpc) is 2.29. The molecule has 1 aliphatic rings. The van der Waals surface area contributed by atoms with Crippen LogP contribution in [0.3, 0.4) is 0 Å². The molecule has 0 heterocycles. The summed E-state index contributed by atoms with van der Waals surface area (Å²) < 4.78 is 0. The fourth-order valence-corrected chi connectivity index (χ4v) is 2.63. The van der Waals surface area contributed by atoms with Crippen molar-refractivity contribution in [3.05, 3.63) is 53.6 Å². The van der Waals surface area contributed by atoms with Gasteiger partial charge >= 0.3 is 0 Å². The van der Waals surface area contributed by atoms with E-state index < -0.39 is 0 Å². The minimum atomic E-state index is 0.649. The molecule has 0 aliphatic heterocycles. The van der Waals surface area contributed by atoms with E-state index in [-0.39, 0.29) is 0 Å². The summed E-state index contributed by atoms with van der Waals surface area (Å²) in [6.07, 6.45) is 7.12. The molecular weight excluding hydrogens is 204 g/mol. The van der Waals surface area contributed by atoms with Gasteiger partial charge in [-0.3, -0.25) is 0 Å². The standard InChI is InChI=1S/C17H22/c1-13(2)11-15-9-10-17(14(3)12-15)16-7-5-4-6-8-16/h4-10,13-14H,11-12H2,1-3H3. The van der Waals surface area contributed by atoms with Crippen LogP contribution in [-0.2, 0) is 0 Å². The van der Waals surface area contributed by atoms with Crippen molar-refractivity contribution in [3.8, 4) is 0 Å². The van der Waals surface area contributed by atoms with Crippen molar-refractivity contribution in [3.63, 3.8) is 0 Å². The second kappa shape index (κ2) is 5.35. The van der Waals surface area contributed by atoms with Crippen LogP contribution in [0.1, 0.15) is 39.2 Å². The zero-order valence-corrected chi connectivity index (χ0v) is 11.1. The Bertz CT molecular complexity index is 421. The Morgan fingerprint density at radius 3 is 2.41 bits per heavy atom. The molecule has 1 atom stereocenters. The van der Waals surface area contributed by atoms with E-state index in [4.69, 9.17) is 0 Å². The summed E-state index contributed by atoms with van der Waals surface area (Å²) in [5.41, 5.74) is 4.46. The zero-order valence-electron chi connectivity index (χ0n) is 11.1. The Morgan fingerprint density at radius 2 is 1.82 bits per heavy atom. The van der Waals surface area contributed by atoms with E-state index >= 15 is 0 Å². The smallest absolute Gasteiger partial charge is 0.0147 e. The van der Waals surface area contributed by atoms with Crippen LogP contribution in [-0.4, -0.2) is 0 Å². The summed E-state index contributed by atoms with van der Waals surface area (Å²) in [6.45, 7) is 6.93. The van der Waals surface area contributed by atoms with Crippen LogP contribution in [0.2, 0.25) is 0 Å². The summed E-state index contributed by atoms with van der Waals surface area (Å²) in [4.78, 5) is 0. The predicted octanol–water partition coefficient (Wildman–Crippen LogP) is 5.08. The Labute approximate surface area is 105 Å². The van der Waals surface area contributed by atoms with Gasteiger partial charge in [0.15, 0.2) is 0 Å². The van der Waals surface area contributed by atoms with Gasteiger partial charge < -0.3 is 0 Å². The van der Waals surface area contributed by atoms with E-state index in [0.29, 0.717) is 5.92 Å². The van der Waals surface area contributed by atoms with E-state index in [9.17, 15) is 0 Å². The Balaban J connectivity index is 2.20. The van der Waals surface area contributed by atoms with E-state index in [0.717, 1.165) is 5.92 Å². The third-order valence-electron chi connectivity index (χ3n) is 3.38. The average molecular weight is 226 g/mol. The molecule has 0 fully saturated rings. The minimum absolute atomic E-state index is 0.649. The van der Waals surface area contributed by atoms with Crippen LogP contribution >= 0.6 is 0 Å². The molecule has 0 bridgehead atoms. The van der Waals surface area contributed by atoms with Crippen LogP contribution in [0.15, 0.2) is 48.1 Å². The van der Waals surface area contributed by atoms with E-state index in [1.54, 1.807) is 5.57 Å². The van der Waals surface area contributed by atoms with E-state index in [1.807, 2.05) is 0 Å². The van der Waals surface area contributed by atoms with Crippen molar-refractivity contribution < 1.29 is 0 Å². The monoisotopic (exact) mass is 226 g/mol. The summed E-state index contributed by atoms with van der Waals surface area (Å²) >= 11 is 0. The van der Waals surface area contributed by atoms with Gasteiger partial charge in [-0.25, -0.2) is 0 Å². The molecule has 0 saturated heterocycles. The summed E-state index contributed by atoms with van der Waals surface area (Å²) in [6, 6.07) is 10.7. The lowest BCUT2D eigenvalue weighted by Crippen LogP contribution is -2.06. The van der Waals surface area contributed by atoms with Gasteiger partial charge in [-0.15, -0.1) is 0 Å². The quantitative estimate of drug-likeness (QED) is 0.674. The second-order valence-corrected chi connectivity index (χ2v) is 5.52. The fraction of sp³-hybridized carbons (Fsp3) is 0.412. The highest BCUT2D eigenvalue weighted by molar-refractivity contribution is 5.70. The third kappa shape index (κ3) is 3.09. The maximum Gasteiger partial charge on any atom is -0.0147 e. The Hall–Kier alpha value is -1.30. The molecule has 0 saturated carbocycles. The molecule has 0 amide bonds. The highest BCUT2D eigenvalue weighted by atomic mass is 14.2. The van der Waals surface area contributed by atoms with Crippen LogP contribution < -0.4 is 0 Å². The third-order valence-corrected chi connectivity index (χ3v) is 3.38. The molecule has 90 valence electrons. The highest BCUT2D eigenvalue weighted by Crippen LogP contribution is 2.34. The molecule has 1 aliphatic carbocycles. The molecule has 0 heteroatoms. The van der Waals surface area contributed by atoms with Gasteiger partial charge in [-0.05, 0) is 35.8 Å². The van der Waals surface area contributed by atoms with Crippen LogP contribution in [0, 0.1) is 11.8 Å². The molecule has 1 unspecified atom stereocenters. The maximum absolute atomic E-state index is 2.34. The molecule has 2 rings (SSSR count). The number of hydrogen-bond acceptors (Lipinski definition) is 0. The van der Waals surface area contributed by atoms with Gasteiger partial charge in [0.1, 0.15) is 0 Å². The first-order chi connectivity index (χ1) is 8.16. The Kier molecular flexibility index (Phi) is 3.83. The fourth-order valence-electron chi connectivity index (χ4n) is 2.63. The first-order valence-corrected chi connectivity index (χ1v) is 6.62. The molecule has 0 N–H and O–H groups in total. The lowest BCUT2D eigenvalue weighted by Gasteiger charge is -2.23. The van der Waals surface area contributed by atoms with Crippen molar-refractivity contribution in [1.82, 2.24) is 0 Å². The summed E-state index contributed by atoms with van der Waals surface area (Å²) in [5.74, 6) is 1.41. The number of benzene rings is 1. The van der Waals surface area contributed by atoms with Gasteiger partial charge in [0.2, 0.25) is 0 Å². The molecule has 1 aromatic carbocycles. The normalized spacial score (nSPS) is 20.1. The highest BCUT2D eigenvalue weighted by Gasteiger charge is 2.16. The molecule has 0 aromatic heterocycles. The molecule has 0 spiro atoms. The summed E-state index contributed by atoms with van der Waals surface area (Å²) in [5, 5.41) is 0. The number of hydrogen-bond donors (Lipinski definition) is 0. The van der Waals surface area contributed by atoms with Crippen molar-refractivity contribution in [2.75, 3.05) is 0 Å². The largest absolute Gasteiger partial charge is 0.0694 e.